The van der Waals surface area contributed by atoms with Crippen LogP contribution < -0.4 is 10.1 Å². The topological polar surface area (TPSA) is 51.5 Å². The highest BCUT2D eigenvalue weighted by atomic mass is 16.5. The largest absolute Gasteiger partial charge is 0.491 e. The van der Waals surface area contributed by atoms with Crippen LogP contribution in [0.2, 0.25) is 0 Å². The minimum absolute atomic E-state index is 0.227. The Morgan fingerprint density at radius 2 is 2.16 bits per heavy atom. The molecule has 1 amide bonds. The highest BCUT2D eigenvalue weighted by Gasteiger charge is 2.07. The molecule has 0 aliphatic rings. The van der Waals surface area contributed by atoms with Gasteiger partial charge in [-0.1, -0.05) is 12.1 Å². The van der Waals surface area contributed by atoms with Crippen LogP contribution in [0.4, 0.5) is 0 Å². The summed E-state index contributed by atoms with van der Waals surface area (Å²) in [6, 6.07) is 9.36. The molecule has 0 unspecified atom stereocenters. The number of hydrogen-bond donors (Lipinski definition) is 1. The molecule has 0 fully saturated rings. The number of furan rings is 1. The number of carbonyl (C=O) groups excluding carboxylic acids is 1. The third kappa shape index (κ3) is 3.61. The van der Waals surface area contributed by atoms with E-state index in [0.29, 0.717) is 18.9 Å². The van der Waals surface area contributed by atoms with E-state index in [2.05, 4.69) is 5.32 Å². The van der Waals surface area contributed by atoms with E-state index in [9.17, 15) is 4.79 Å². The Kier molecular flexibility index (Phi) is 4.23. The van der Waals surface area contributed by atoms with Gasteiger partial charge in [0.05, 0.1) is 12.8 Å². The maximum atomic E-state index is 11.6. The van der Waals surface area contributed by atoms with Gasteiger partial charge in [0, 0.05) is 0 Å². The molecule has 0 atom stereocenters. The molecule has 0 bridgehead atoms. The second-order valence-corrected chi connectivity index (χ2v) is 4.35. The number of ether oxygens (including phenoxy) is 1. The normalized spacial score (nSPS) is 10.2. The Morgan fingerprint density at radius 1 is 1.32 bits per heavy atom. The van der Waals surface area contributed by atoms with Gasteiger partial charge >= 0.3 is 0 Å². The summed E-state index contributed by atoms with van der Waals surface area (Å²) in [4.78, 5) is 11.6. The van der Waals surface area contributed by atoms with E-state index >= 15 is 0 Å². The predicted octanol–water partition coefficient (Wildman–Crippen LogP) is 2.71. The van der Waals surface area contributed by atoms with E-state index in [0.717, 1.165) is 16.9 Å². The fourth-order valence-corrected chi connectivity index (χ4v) is 1.68. The van der Waals surface area contributed by atoms with E-state index in [1.54, 1.807) is 12.1 Å². The zero-order valence-electron chi connectivity index (χ0n) is 11.1. The second kappa shape index (κ2) is 6.09. The number of nitrogens with one attached hydrogen (secondary N) is 1. The lowest BCUT2D eigenvalue weighted by Crippen LogP contribution is -2.27. The molecule has 2 aromatic rings. The molecule has 1 aromatic carbocycles. The molecule has 100 valence electrons. The Hall–Kier alpha value is -2.23. The van der Waals surface area contributed by atoms with Gasteiger partial charge in [-0.05, 0) is 43.2 Å². The molecule has 1 aromatic heterocycles. The fraction of sp³-hybridized carbons (Fsp3) is 0.267. The average molecular weight is 259 g/mol. The molecule has 4 nitrogen and oxygen atoms in total. The summed E-state index contributed by atoms with van der Waals surface area (Å²) in [5.41, 5.74) is 2.24. The first-order chi connectivity index (χ1) is 9.16. The molecule has 2 rings (SSSR count). The van der Waals surface area contributed by atoms with Gasteiger partial charge in [0.1, 0.15) is 12.4 Å². The molecule has 1 N–H and O–H groups in total. The van der Waals surface area contributed by atoms with Crippen LogP contribution in [0.3, 0.4) is 0 Å². The zero-order chi connectivity index (χ0) is 13.7. The van der Waals surface area contributed by atoms with Crippen LogP contribution in [-0.2, 0) is 0 Å². The van der Waals surface area contributed by atoms with Crippen LogP contribution in [0.25, 0.3) is 0 Å². The van der Waals surface area contributed by atoms with Crippen molar-refractivity contribution in [2.75, 3.05) is 13.2 Å². The van der Waals surface area contributed by atoms with Crippen molar-refractivity contribution in [3.8, 4) is 5.75 Å². The van der Waals surface area contributed by atoms with Crippen molar-refractivity contribution in [1.82, 2.24) is 5.32 Å². The van der Waals surface area contributed by atoms with Crippen molar-refractivity contribution in [3.63, 3.8) is 0 Å². The summed E-state index contributed by atoms with van der Waals surface area (Å²) in [5.74, 6) is 0.938. The lowest BCUT2D eigenvalue weighted by atomic mass is 10.1. The lowest BCUT2D eigenvalue weighted by Gasteiger charge is -2.10. The average Bonchev–Trinajstić information content (AvgIpc) is 2.92. The van der Waals surface area contributed by atoms with Gasteiger partial charge in [-0.15, -0.1) is 0 Å². The SMILES string of the molecule is Cc1ccc(C)c(OCCNC(=O)c2ccco2)c1. The molecule has 0 radical (unpaired) electrons. The maximum absolute atomic E-state index is 11.6. The van der Waals surface area contributed by atoms with Gasteiger partial charge in [-0.25, -0.2) is 0 Å². The van der Waals surface area contributed by atoms with Crippen molar-refractivity contribution in [2.45, 2.75) is 13.8 Å². The highest BCUT2D eigenvalue weighted by Crippen LogP contribution is 2.18. The van der Waals surface area contributed by atoms with Crippen molar-refractivity contribution >= 4 is 5.91 Å². The van der Waals surface area contributed by atoms with E-state index in [4.69, 9.17) is 9.15 Å². The number of rotatable bonds is 5. The third-order valence-corrected chi connectivity index (χ3v) is 2.73. The molecular formula is C15H17NO3. The molecule has 0 aliphatic heterocycles. The molecule has 19 heavy (non-hydrogen) atoms. The fourth-order valence-electron chi connectivity index (χ4n) is 1.68. The Morgan fingerprint density at radius 3 is 2.89 bits per heavy atom. The first-order valence-electron chi connectivity index (χ1n) is 6.18. The van der Waals surface area contributed by atoms with E-state index in [-0.39, 0.29) is 5.91 Å². The third-order valence-electron chi connectivity index (χ3n) is 2.73. The summed E-state index contributed by atoms with van der Waals surface area (Å²) < 4.78 is 10.6. The van der Waals surface area contributed by atoms with Gasteiger partial charge in [0.2, 0.25) is 0 Å². The van der Waals surface area contributed by atoms with Crippen LogP contribution >= 0.6 is 0 Å². The van der Waals surface area contributed by atoms with Gasteiger partial charge < -0.3 is 14.5 Å². The second-order valence-electron chi connectivity index (χ2n) is 4.35. The molecule has 0 saturated heterocycles. The number of benzene rings is 1. The highest BCUT2D eigenvalue weighted by molar-refractivity contribution is 5.91. The van der Waals surface area contributed by atoms with Crippen LogP contribution in [0.1, 0.15) is 21.7 Å². The Balaban J connectivity index is 1.78. The minimum Gasteiger partial charge on any atom is -0.491 e. The molecule has 0 saturated carbocycles. The summed E-state index contributed by atoms with van der Waals surface area (Å²) in [6.45, 7) is 4.88. The lowest BCUT2D eigenvalue weighted by molar-refractivity contribution is 0.0919. The summed E-state index contributed by atoms with van der Waals surface area (Å²) in [7, 11) is 0. The predicted molar refractivity (Wildman–Crippen MR) is 72.5 cm³/mol. The zero-order valence-corrected chi connectivity index (χ0v) is 11.1. The Labute approximate surface area is 112 Å². The van der Waals surface area contributed by atoms with E-state index in [1.807, 2.05) is 32.0 Å². The van der Waals surface area contributed by atoms with Crippen LogP contribution in [0.5, 0.6) is 5.75 Å². The smallest absolute Gasteiger partial charge is 0.287 e. The van der Waals surface area contributed by atoms with Crippen LogP contribution in [0.15, 0.2) is 41.0 Å². The molecule has 0 aliphatic carbocycles. The van der Waals surface area contributed by atoms with Gasteiger partial charge in [-0.2, -0.15) is 0 Å². The number of carbonyl (C=O) groups is 1. The summed E-state index contributed by atoms with van der Waals surface area (Å²) in [5, 5.41) is 2.73. The van der Waals surface area contributed by atoms with Crippen molar-refractivity contribution in [3.05, 3.63) is 53.5 Å². The van der Waals surface area contributed by atoms with Crippen LogP contribution in [0, 0.1) is 13.8 Å². The molecule has 4 heteroatoms. The first kappa shape index (κ1) is 13.2. The van der Waals surface area contributed by atoms with E-state index in [1.165, 1.54) is 6.26 Å². The molecule has 0 spiro atoms. The first-order valence-corrected chi connectivity index (χ1v) is 6.18. The quantitative estimate of drug-likeness (QED) is 0.840. The molecular weight excluding hydrogens is 242 g/mol. The molecule has 1 heterocycles. The monoisotopic (exact) mass is 259 g/mol. The number of aryl methyl sites for hydroxylation is 2. The number of hydrogen-bond acceptors (Lipinski definition) is 3. The van der Waals surface area contributed by atoms with Crippen molar-refractivity contribution in [2.24, 2.45) is 0 Å². The van der Waals surface area contributed by atoms with E-state index < -0.39 is 0 Å². The van der Waals surface area contributed by atoms with Gasteiger partial charge in [0.15, 0.2) is 5.76 Å². The summed E-state index contributed by atoms with van der Waals surface area (Å²) in [6.07, 6.45) is 1.47. The minimum atomic E-state index is -0.227. The number of amides is 1. The van der Waals surface area contributed by atoms with Crippen molar-refractivity contribution < 1.29 is 13.9 Å². The van der Waals surface area contributed by atoms with Gasteiger partial charge in [-0.3, -0.25) is 4.79 Å². The van der Waals surface area contributed by atoms with Crippen molar-refractivity contribution in [1.29, 1.82) is 0 Å². The Bertz CT molecular complexity index is 547. The summed E-state index contributed by atoms with van der Waals surface area (Å²) >= 11 is 0. The maximum Gasteiger partial charge on any atom is 0.287 e. The van der Waals surface area contributed by atoms with Crippen LogP contribution in [-0.4, -0.2) is 19.1 Å². The van der Waals surface area contributed by atoms with Gasteiger partial charge in [0.25, 0.3) is 5.91 Å². The standard InChI is InChI=1S/C15H17NO3/c1-11-5-6-12(2)14(10-11)19-9-7-16-15(17)13-4-3-8-18-13/h3-6,8,10H,7,9H2,1-2H3,(H,16,17).